The second-order valence-electron chi connectivity index (χ2n) is 4.32. The fourth-order valence-corrected chi connectivity index (χ4v) is 2.09. The van der Waals surface area contributed by atoms with E-state index in [1.807, 2.05) is 0 Å². The largest absolute Gasteiger partial charge is 0.462 e. The maximum Gasteiger partial charge on any atom is 0.309 e. The molecule has 0 saturated heterocycles. The van der Waals surface area contributed by atoms with Gasteiger partial charge in [-0.05, 0) is 32.1 Å². The molecule has 0 aliphatic heterocycles. The summed E-state index contributed by atoms with van der Waals surface area (Å²) < 4.78 is 5.39. The van der Waals surface area contributed by atoms with Gasteiger partial charge in [-0.25, -0.2) is 0 Å². The Morgan fingerprint density at radius 2 is 1.62 bits per heavy atom. The Morgan fingerprint density at radius 1 is 0.923 bits per heavy atom. The van der Waals surface area contributed by atoms with Crippen LogP contribution in [0.4, 0.5) is 0 Å². The topological polar surface area (TPSA) is 26.3 Å². The molecule has 0 spiro atoms. The third-order valence-corrected chi connectivity index (χ3v) is 3.27. The second kappa shape index (κ2) is 4.12. The van der Waals surface area contributed by atoms with Crippen molar-refractivity contribution in [2.24, 2.45) is 5.92 Å². The van der Waals surface area contributed by atoms with Gasteiger partial charge in [0.1, 0.15) is 6.10 Å². The average Bonchev–Trinajstić information content (AvgIpc) is 2.12. The molecule has 2 saturated carbocycles. The highest BCUT2D eigenvalue weighted by Crippen LogP contribution is 2.28. The molecular weight excluding hydrogens is 164 g/mol. The van der Waals surface area contributed by atoms with Gasteiger partial charge in [0.05, 0.1) is 5.92 Å². The molecule has 0 aromatic rings. The standard InChI is InChI=1S/C11H18O2/c12-11(13-10-7-4-8-10)9-5-2-1-3-6-9/h9-10H,1-8H2. The van der Waals surface area contributed by atoms with Crippen molar-refractivity contribution < 1.29 is 9.53 Å². The third-order valence-electron chi connectivity index (χ3n) is 3.27. The van der Waals surface area contributed by atoms with Crippen LogP contribution in [0.2, 0.25) is 0 Å². The molecule has 0 aromatic heterocycles. The van der Waals surface area contributed by atoms with Crippen molar-refractivity contribution >= 4 is 5.97 Å². The van der Waals surface area contributed by atoms with Crippen LogP contribution in [-0.2, 0) is 9.53 Å². The smallest absolute Gasteiger partial charge is 0.309 e. The van der Waals surface area contributed by atoms with E-state index in [0.29, 0.717) is 0 Å². The zero-order valence-electron chi connectivity index (χ0n) is 8.13. The van der Waals surface area contributed by atoms with E-state index in [0.717, 1.165) is 25.7 Å². The maximum atomic E-state index is 11.6. The predicted molar refractivity (Wildman–Crippen MR) is 50.3 cm³/mol. The summed E-state index contributed by atoms with van der Waals surface area (Å²) in [4.78, 5) is 11.6. The van der Waals surface area contributed by atoms with Crippen LogP contribution < -0.4 is 0 Å². The van der Waals surface area contributed by atoms with Crippen molar-refractivity contribution in [2.45, 2.75) is 57.5 Å². The van der Waals surface area contributed by atoms with Crippen LogP contribution in [0.25, 0.3) is 0 Å². The van der Waals surface area contributed by atoms with Crippen molar-refractivity contribution in [3.05, 3.63) is 0 Å². The highest BCUT2D eigenvalue weighted by atomic mass is 16.5. The van der Waals surface area contributed by atoms with Gasteiger partial charge >= 0.3 is 5.97 Å². The molecule has 2 rings (SSSR count). The molecule has 2 fully saturated rings. The van der Waals surface area contributed by atoms with E-state index in [2.05, 4.69) is 0 Å². The SMILES string of the molecule is O=C(OC1CCC1)C1CCCCC1. The molecule has 0 N–H and O–H groups in total. The summed E-state index contributed by atoms with van der Waals surface area (Å²) in [6, 6.07) is 0. The van der Waals surface area contributed by atoms with Gasteiger partial charge < -0.3 is 4.74 Å². The zero-order valence-corrected chi connectivity index (χ0v) is 8.13. The zero-order chi connectivity index (χ0) is 9.10. The minimum Gasteiger partial charge on any atom is -0.462 e. The van der Waals surface area contributed by atoms with Crippen LogP contribution >= 0.6 is 0 Å². The number of rotatable bonds is 2. The van der Waals surface area contributed by atoms with E-state index < -0.39 is 0 Å². The molecule has 0 atom stereocenters. The monoisotopic (exact) mass is 182 g/mol. The van der Waals surface area contributed by atoms with Gasteiger partial charge in [0, 0.05) is 0 Å². The average molecular weight is 182 g/mol. The van der Waals surface area contributed by atoms with Crippen molar-refractivity contribution in [1.29, 1.82) is 0 Å². The lowest BCUT2D eigenvalue weighted by Gasteiger charge is -2.28. The van der Waals surface area contributed by atoms with Crippen LogP contribution in [0.1, 0.15) is 51.4 Å². The van der Waals surface area contributed by atoms with Gasteiger partial charge in [-0.15, -0.1) is 0 Å². The van der Waals surface area contributed by atoms with Crippen molar-refractivity contribution in [3.8, 4) is 0 Å². The molecule has 0 bridgehead atoms. The van der Waals surface area contributed by atoms with Gasteiger partial charge in [0.2, 0.25) is 0 Å². The van der Waals surface area contributed by atoms with E-state index in [1.54, 1.807) is 0 Å². The van der Waals surface area contributed by atoms with Crippen LogP contribution in [-0.4, -0.2) is 12.1 Å². The molecular formula is C11H18O2. The first-order valence-electron chi connectivity index (χ1n) is 5.57. The Morgan fingerprint density at radius 3 is 2.15 bits per heavy atom. The van der Waals surface area contributed by atoms with Crippen LogP contribution in [0.5, 0.6) is 0 Å². The first-order valence-corrected chi connectivity index (χ1v) is 5.57. The molecule has 0 radical (unpaired) electrons. The fourth-order valence-electron chi connectivity index (χ4n) is 2.09. The Balaban J connectivity index is 1.74. The molecule has 2 aliphatic rings. The van der Waals surface area contributed by atoms with Gasteiger partial charge in [0.15, 0.2) is 0 Å². The summed E-state index contributed by atoms with van der Waals surface area (Å²) in [6.07, 6.45) is 9.55. The highest BCUT2D eigenvalue weighted by Gasteiger charge is 2.27. The fraction of sp³-hybridized carbons (Fsp3) is 0.909. The summed E-state index contributed by atoms with van der Waals surface area (Å²) in [5.74, 6) is 0.318. The Hall–Kier alpha value is -0.530. The van der Waals surface area contributed by atoms with Gasteiger partial charge in [-0.3, -0.25) is 4.79 Å². The number of carbonyl (C=O) groups excluding carboxylic acids is 1. The molecule has 0 amide bonds. The minimum absolute atomic E-state index is 0.0874. The second-order valence-corrected chi connectivity index (χ2v) is 4.32. The summed E-state index contributed by atoms with van der Waals surface area (Å²) >= 11 is 0. The van der Waals surface area contributed by atoms with E-state index >= 15 is 0 Å². The van der Waals surface area contributed by atoms with E-state index in [9.17, 15) is 4.79 Å². The van der Waals surface area contributed by atoms with Crippen molar-refractivity contribution in [1.82, 2.24) is 0 Å². The lowest BCUT2D eigenvalue weighted by atomic mass is 9.89. The van der Waals surface area contributed by atoms with Gasteiger partial charge in [-0.1, -0.05) is 19.3 Å². The normalized spacial score (nSPS) is 25.2. The molecule has 2 heteroatoms. The van der Waals surface area contributed by atoms with E-state index in [-0.39, 0.29) is 18.0 Å². The number of hydrogen-bond acceptors (Lipinski definition) is 2. The number of ether oxygens (including phenoxy) is 1. The van der Waals surface area contributed by atoms with Gasteiger partial charge in [-0.2, -0.15) is 0 Å². The Kier molecular flexibility index (Phi) is 2.87. The summed E-state index contributed by atoms with van der Waals surface area (Å²) in [5, 5.41) is 0. The summed E-state index contributed by atoms with van der Waals surface area (Å²) in [7, 11) is 0. The molecule has 13 heavy (non-hydrogen) atoms. The lowest BCUT2D eigenvalue weighted by molar-refractivity contribution is -0.159. The summed E-state index contributed by atoms with van der Waals surface area (Å²) in [5.41, 5.74) is 0. The number of hydrogen-bond donors (Lipinski definition) is 0. The third kappa shape index (κ3) is 2.23. The van der Waals surface area contributed by atoms with E-state index in [4.69, 9.17) is 4.74 Å². The molecule has 0 unspecified atom stereocenters. The number of esters is 1. The first-order chi connectivity index (χ1) is 6.36. The molecule has 74 valence electrons. The minimum atomic E-state index is 0.0874. The molecule has 2 aliphatic carbocycles. The van der Waals surface area contributed by atoms with Gasteiger partial charge in [0.25, 0.3) is 0 Å². The summed E-state index contributed by atoms with van der Waals surface area (Å²) in [6.45, 7) is 0. The Bertz CT molecular complexity index is 179. The quantitative estimate of drug-likeness (QED) is 0.614. The van der Waals surface area contributed by atoms with Crippen LogP contribution in [0.3, 0.4) is 0 Å². The van der Waals surface area contributed by atoms with Crippen molar-refractivity contribution in [2.75, 3.05) is 0 Å². The predicted octanol–water partition coefficient (Wildman–Crippen LogP) is 2.66. The van der Waals surface area contributed by atoms with Crippen molar-refractivity contribution in [3.63, 3.8) is 0 Å². The van der Waals surface area contributed by atoms with Crippen LogP contribution in [0.15, 0.2) is 0 Å². The molecule has 0 heterocycles. The van der Waals surface area contributed by atoms with Crippen LogP contribution in [0, 0.1) is 5.92 Å². The highest BCUT2D eigenvalue weighted by molar-refractivity contribution is 5.72. The molecule has 0 aromatic carbocycles. The molecule has 2 nitrogen and oxygen atoms in total. The lowest BCUT2D eigenvalue weighted by Crippen LogP contribution is -2.29. The number of carbonyl (C=O) groups is 1. The van der Waals surface area contributed by atoms with E-state index in [1.165, 1.54) is 25.7 Å². The maximum absolute atomic E-state index is 11.6. The first kappa shape index (κ1) is 9.04. The Labute approximate surface area is 79.7 Å².